The number of nitriles is 1. The molecule has 4 rings (SSSR count). The molecule has 5 nitrogen and oxygen atoms in total. The van der Waals surface area contributed by atoms with Crippen LogP contribution in [-0.2, 0) is 10.2 Å². The third-order valence-electron chi connectivity index (χ3n) is 8.39. The van der Waals surface area contributed by atoms with Gasteiger partial charge in [0, 0.05) is 23.4 Å². The topological polar surface area (TPSA) is 93.4 Å². The molecule has 0 unspecified atom stereocenters. The first kappa shape index (κ1) is 29.0. The molecule has 2 fully saturated rings. The fourth-order valence-corrected chi connectivity index (χ4v) is 6.78. The molecule has 8 heteroatoms. The number of halogens is 3. The number of nitrogens with zero attached hydrogens (tertiary/aromatic N) is 1. The van der Waals surface area contributed by atoms with E-state index in [-0.39, 0.29) is 35.8 Å². The second-order valence-electron chi connectivity index (χ2n) is 10.7. The number of carbonyl (C=O) groups excluding carboxylic acids is 1. The van der Waals surface area contributed by atoms with E-state index in [2.05, 4.69) is 11.4 Å². The van der Waals surface area contributed by atoms with Crippen LogP contribution in [0.5, 0.6) is 0 Å². The lowest BCUT2D eigenvalue weighted by Gasteiger charge is -2.37. The predicted octanol–water partition coefficient (Wildman–Crippen LogP) is 6.08. The summed E-state index contributed by atoms with van der Waals surface area (Å²) in [5, 5.41) is 33.8. The van der Waals surface area contributed by atoms with Gasteiger partial charge in [0.25, 0.3) is 0 Å². The molecule has 0 aromatic heterocycles. The first-order valence-corrected chi connectivity index (χ1v) is 14.3. The van der Waals surface area contributed by atoms with Crippen molar-refractivity contribution in [1.82, 2.24) is 5.32 Å². The highest BCUT2D eigenvalue weighted by Gasteiger charge is 2.59. The summed E-state index contributed by atoms with van der Waals surface area (Å²) in [6.45, 7) is -0.371. The Morgan fingerprint density at radius 1 is 1.16 bits per heavy atom. The van der Waals surface area contributed by atoms with Crippen LogP contribution >= 0.6 is 23.2 Å². The number of aliphatic hydroxyl groups excluding tert-OH is 2. The number of rotatable bonds is 10. The van der Waals surface area contributed by atoms with E-state index in [9.17, 15) is 15.2 Å². The standard InChI is InChI=1S/C30H35Cl2FN2O3/c31-21-14-12-20(13-15-21)30(18-34)26(16-19-6-2-1-3-7-19)35-29(25(38)11-4-8-22(37)17-36)27(30)23-9-5-10-24(32)28(23)33/h5,9-10,12-15,19,22,26-27,29,35-37H,1-4,6-8,11,16-17H2/t22-,26-,27-,29-,30-/m0/s1. The lowest BCUT2D eigenvalue weighted by atomic mass is 9.63. The Morgan fingerprint density at radius 2 is 1.87 bits per heavy atom. The number of benzene rings is 2. The minimum atomic E-state index is -1.24. The van der Waals surface area contributed by atoms with E-state index in [1.165, 1.54) is 12.5 Å². The lowest BCUT2D eigenvalue weighted by Crippen LogP contribution is -2.43. The molecule has 0 spiro atoms. The SMILES string of the molecule is N#C[C@]1(c2ccc(Cl)cc2)[C@H](CC2CCCCC2)N[C@@H](C(=O)CCC[C@H](O)CO)[C@@H]1c1cccc(Cl)c1F. The number of hydrogen-bond acceptors (Lipinski definition) is 5. The van der Waals surface area contributed by atoms with E-state index in [1.807, 2.05) is 0 Å². The summed E-state index contributed by atoms with van der Waals surface area (Å²) in [6.07, 6.45) is 6.18. The minimum Gasteiger partial charge on any atom is -0.394 e. The Kier molecular flexibility index (Phi) is 9.84. The second kappa shape index (κ2) is 12.9. The number of carbonyl (C=O) groups is 1. The highest BCUT2D eigenvalue weighted by molar-refractivity contribution is 6.31. The van der Waals surface area contributed by atoms with Gasteiger partial charge in [-0.3, -0.25) is 4.79 Å². The molecule has 1 aliphatic carbocycles. The average molecular weight is 562 g/mol. The van der Waals surface area contributed by atoms with Gasteiger partial charge in [0.1, 0.15) is 17.0 Å². The maximum Gasteiger partial charge on any atom is 0.150 e. The van der Waals surface area contributed by atoms with E-state index in [0.29, 0.717) is 29.3 Å². The third-order valence-corrected chi connectivity index (χ3v) is 8.93. The highest BCUT2D eigenvalue weighted by atomic mass is 35.5. The fraction of sp³-hybridized carbons (Fsp3) is 0.533. The summed E-state index contributed by atoms with van der Waals surface area (Å²) in [7, 11) is 0. The normalized spacial score (nSPS) is 26.7. The van der Waals surface area contributed by atoms with Crippen LogP contribution in [-0.4, -0.2) is 40.8 Å². The zero-order valence-corrected chi connectivity index (χ0v) is 22.9. The summed E-state index contributed by atoms with van der Waals surface area (Å²) >= 11 is 12.4. The van der Waals surface area contributed by atoms with Crippen LogP contribution in [0.1, 0.15) is 74.8 Å². The second-order valence-corrected chi connectivity index (χ2v) is 11.6. The number of Topliss-reactive ketones (excluding diaryl/α,β-unsaturated/α-hetero) is 1. The molecule has 1 saturated carbocycles. The minimum absolute atomic E-state index is 0.0570. The summed E-state index contributed by atoms with van der Waals surface area (Å²) in [6, 6.07) is 13.2. The van der Waals surface area contributed by atoms with Crippen LogP contribution < -0.4 is 5.32 Å². The highest BCUT2D eigenvalue weighted by Crippen LogP contribution is 2.52. The Balaban J connectivity index is 1.82. The largest absolute Gasteiger partial charge is 0.394 e. The van der Waals surface area contributed by atoms with Crippen molar-refractivity contribution in [3.63, 3.8) is 0 Å². The van der Waals surface area contributed by atoms with Crippen LogP contribution in [0.3, 0.4) is 0 Å². The third kappa shape index (κ3) is 5.93. The number of hydrogen-bond donors (Lipinski definition) is 3. The fourth-order valence-electron chi connectivity index (χ4n) is 6.48. The van der Waals surface area contributed by atoms with Crippen molar-refractivity contribution in [2.24, 2.45) is 5.92 Å². The van der Waals surface area contributed by atoms with Crippen LogP contribution in [0.15, 0.2) is 42.5 Å². The van der Waals surface area contributed by atoms with Gasteiger partial charge in [-0.1, -0.05) is 79.6 Å². The van der Waals surface area contributed by atoms with Crippen molar-refractivity contribution in [2.75, 3.05) is 6.61 Å². The van der Waals surface area contributed by atoms with Crippen molar-refractivity contribution in [3.8, 4) is 6.07 Å². The van der Waals surface area contributed by atoms with E-state index in [4.69, 9.17) is 28.3 Å². The molecule has 1 saturated heterocycles. The smallest absolute Gasteiger partial charge is 0.150 e. The van der Waals surface area contributed by atoms with Crippen molar-refractivity contribution in [3.05, 3.63) is 69.5 Å². The zero-order chi connectivity index (χ0) is 27.3. The molecule has 38 heavy (non-hydrogen) atoms. The Morgan fingerprint density at radius 3 is 2.53 bits per heavy atom. The van der Waals surface area contributed by atoms with Crippen LogP contribution in [0.4, 0.5) is 4.39 Å². The molecule has 0 amide bonds. The molecule has 1 aliphatic heterocycles. The van der Waals surface area contributed by atoms with Crippen molar-refractivity contribution >= 4 is 29.0 Å². The molecule has 204 valence electrons. The van der Waals surface area contributed by atoms with Gasteiger partial charge in [-0.25, -0.2) is 4.39 Å². The lowest BCUT2D eigenvalue weighted by molar-refractivity contribution is -0.121. The molecular weight excluding hydrogens is 526 g/mol. The first-order valence-electron chi connectivity index (χ1n) is 13.5. The summed E-state index contributed by atoms with van der Waals surface area (Å²) in [5.74, 6) is -1.20. The number of nitrogens with one attached hydrogen (secondary N) is 1. The van der Waals surface area contributed by atoms with Crippen LogP contribution in [0.2, 0.25) is 10.0 Å². The van der Waals surface area contributed by atoms with E-state index in [0.717, 1.165) is 25.7 Å². The Labute approximate surface area is 234 Å². The summed E-state index contributed by atoms with van der Waals surface area (Å²) in [4.78, 5) is 13.7. The van der Waals surface area contributed by atoms with Gasteiger partial charge in [0.2, 0.25) is 0 Å². The van der Waals surface area contributed by atoms with Gasteiger partial charge in [0.15, 0.2) is 0 Å². The van der Waals surface area contributed by atoms with E-state index >= 15 is 4.39 Å². The Hall–Kier alpha value is -2.01. The molecule has 2 aliphatic rings. The molecule has 2 aromatic rings. The molecule has 1 heterocycles. The van der Waals surface area contributed by atoms with E-state index < -0.39 is 35.3 Å². The van der Waals surface area contributed by atoms with Gasteiger partial charge < -0.3 is 15.5 Å². The predicted molar refractivity (Wildman–Crippen MR) is 147 cm³/mol. The van der Waals surface area contributed by atoms with Gasteiger partial charge in [-0.05, 0) is 54.5 Å². The zero-order valence-electron chi connectivity index (χ0n) is 21.4. The number of aliphatic hydroxyl groups is 2. The quantitative estimate of drug-likeness (QED) is 0.327. The monoisotopic (exact) mass is 560 g/mol. The molecule has 5 atom stereocenters. The number of ketones is 1. The average Bonchev–Trinajstić information content (AvgIpc) is 3.25. The van der Waals surface area contributed by atoms with Crippen molar-refractivity contribution < 1.29 is 19.4 Å². The molecular formula is C30H35Cl2FN2O3. The van der Waals surface area contributed by atoms with Gasteiger partial charge in [-0.2, -0.15) is 5.26 Å². The molecule has 0 radical (unpaired) electrons. The van der Waals surface area contributed by atoms with E-state index in [1.54, 1.807) is 36.4 Å². The van der Waals surface area contributed by atoms with Crippen LogP contribution in [0, 0.1) is 23.1 Å². The van der Waals surface area contributed by atoms with Crippen molar-refractivity contribution in [1.29, 1.82) is 5.26 Å². The van der Waals surface area contributed by atoms with Gasteiger partial charge in [0.05, 0.1) is 29.8 Å². The maximum absolute atomic E-state index is 15.7. The molecule has 2 aromatic carbocycles. The van der Waals surface area contributed by atoms with Crippen molar-refractivity contribution in [2.45, 2.75) is 87.3 Å². The Bertz CT molecular complexity index is 1150. The van der Waals surface area contributed by atoms with Gasteiger partial charge in [-0.15, -0.1) is 0 Å². The van der Waals surface area contributed by atoms with Gasteiger partial charge >= 0.3 is 0 Å². The summed E-state index contributed by atoms with van der Waals surface area (Å²) in [5.41, 5.74) is -0.312. The maximum atomic E-state index is 15.7. The first-order chi connectivity index (χ1) is 18.3. The molecule has 3 N–H and O–H groups in total. The van der Waals surface area contributed by atoms with Crippen LogP contribution in [0.25, 0.3) is 0 Å². The summed E-state index contributed by atoms with van der Waals surface area (Å²) < 4.78 is 15.7. The molecule has 0 bridgehead atoms.